The Labute approximate surface area is 241 Å². The molecule has 2 saturated heterocycles. The molecule has 0 saturated carbocycles. The van der Waals surface area contributed by atoms with Gasteiger partial charge in [-0.1, -0.05) is 42.8 Å². The van der Waals surface area contributed by atoms with Crippen LogP contribution in [0.2, 0.25) is 5.02 Å². The van der Waals surface area contributed by atoms with Crippen molar-refractivity contribution in [3.63, 3.8) is 0 Å². The van der Waals surface area contributed by atoms with Crippen molar-refractivity contribution in [1.29, 1.82) is 0 Å². The van der Waals surface area contributed by atoms with Gasteiger partial charge in [0.2, 0.25) is 0 Å². The molecular formula is C32H38ClFN4O2. The molecule has 0 aliphatic carbocycles. The van der Waals surface area contributed by atoms with Gasteiger partial charge in [-0.05, 0) is 91.9 Å². The lowest BCUT2D eigenvalue weighted by molar-refractivity contribution is 0.122. The van der Waals surface area contributed by atoms with Crippen molar-refractivity contribution in [2.75, 3.05) is 61.1 Å². The molecule has 3 aromatic carbocycles. The molecule has 3 aromatic rings. The van der Waals surface area contributed by atoms with Crippen molar-refractivity contribution >= 4 is 34.7 Å². The minimum atomic E-state index is -0.326. The van der Waals surface area contributed by atoms with Crippen LogP contribution in [0.5, 0.6) is 0 Å². The lowest BCUT2D eigenvalue weighted by atomic mass is 9.95. The number of rotatable bonds is 8. The first-order valence-corrected chi connectivity index (χ1v) is 14.6. The summed E-state index contributed by atoms with van der Waals surface area (Å²) >= 11 is 6.03. The van der Waals surface area contributed by atoms with E-state index in [2.05, 4.69) is 41.4 Å². The van der Waals surface area contributed by atoms with Gasteiger partial charge in [0.25, 0.3) is 0 Å². The highest BCUT2D eigenvalue weighted by atomic mass is 35.5. The number of aryl methyl sites for hydroxylation is 1. The van der Waals surface area contributed by atoms with Gasteiger partial charge in [-0.25, -0.2) is 9.18 Å². The molecule has 0 unspecified atom stereocenters. The molecule has 212 valence electrons. The molecule has 0 spiro atoms. The Morgan fingerprint density at radius 1 is 0.975 bits per heavy atom. The predicted octanol–water partition coefficient (Wildman–Crippen LogP) is 6.83. The van der Waals surface area contributed by atoms with Crippen LogP contribution in [0.4, 0.5) is 26.2 Å². The second-order valence-electron chi connectivity index (χ2n) is 10.7. The number of halogens is 2. The molecular weight excluding hydrogens is 527 g/mol. The van der Waals surface area contributed by atoms with Gasteiger partial charge in [0.15, 0.2) is 0 Å². The van der Waals surface area contributed by atoms with Gasteiger partial charge in [0, 0.05) is 42.6 Å². The zero-order valence-electron chi connectivity index (χ0n) is 23.1. The number of carbonyl (C=O) groups is 1. The number of benzene rings is 3. The molecule has 2 fully saturated rings. The van der Waals surface area contributed by atoms with Crippen LogP contribution in [0.3, 0.4) is 0 Å². The minimum absolute atomic E-state index is 0.278. The number of anilines is 3. The van der Waals surface area contributed by atoms with Gasteiger partial charge in [0.05, 0.1) is 18.9 Å². The van der Waals surface area contributed by atoms with Gasteiger partial charge in [-0.15, -0.1) is 0 Å². The number of nitrogens with zero attached hydrogens (tertiary/aromatic N) is 3. The second kappa shape index (κ2) is 13.5. The standard InChI is InChI=1S/C32H38ClFN4O2/c1-2-24-3-5-25(6-4-24)22-36-15-13-26(14-16-36)23-38(32(39)35-28-9-7-27(33)8-10-28)29-11-12-31(30(34)21-29)37-17-19-40-20-18-37/h3-12,21,26H,2,13-20,22-23H2,1H3,(H,35,39). The fraction of sp³-hybridized carbons (Fsp3) is 0.406. The third-order valence-corrected chi connectivity index (χ3v) is 8.17. The number of amides is 2. The van der Waals surface area contributed by atoms with E-state index in [1.165, 1.54) is 17.2 Å². The van der Waals surface area contributed by atoms with Crippen molar-refractivity contribution in [3.05, 3.63) is 88.7 Å². The van der Waals surface area contributed by atoms with Crippen LogP contribution in [0.25, 0.3) is 0 Å². The van der Waals surface area contributed by atoms with E-state index in [0.29, 0.717) is 60.9 Å². The Kier molecular flexibility index (Phi) is 9.57. The van der Waals surface area contributed by atoms with E-state index >= 15 is 4.39 Å². The molecule has 0 radical (unpaired) electrons. The van der Waals surface area contributed by atoms with E-state index in [9.17, 15) is 4.79 Å². The van der Waals surface area contributed by atoms with Gasteiger partial charge in [-0.3, -0.25) is 9.80 Å². The molecule has 2 heterocycles. The summed E-state index contributed by atoms with van der Waals surface area (Å²) in [7, 11) is 0. The zero-order valence-corrected chi connectivity index (χ0v) is 23.9. The van der Waals surface area contributed by atoms with Crippen molar-refractivity contribution in [1.82, 2.24) is 4.90 Å². The number of piperidine rings is 1. The summed E-state index contributed by atoms with van der Waals surface area (Å²) in [5, 5.41) is 3.57. The van der Waals surface area contributed by atoms with Crippen LogP contribution in [-0.2, 0) is 17.7 Å². The van der Waals surface area contributed by atoms with E-state index in [1.54, 1.807) is 35.2 Å². The van der Waals surface area contributed by atoms with Gasteiger partial charge < -0.3 is 15.0 Å². The van der Waals surface area contributed by atoms with Crippen LogP contribution >= 0.6 is 11.6 Å². The van der Waals surface area contributed by atoms with Crippen molar-refractivity contribution < 1.29 is 13.9 Å². The maximum Gasteiger partial charge on any atom is 0.326 e. The first-order valence-electron chi connectivity index (χ1n) is 14.2. The summed E-state index contributed by atoms with van der Waals surface area (Å²) in [6, 6.07) is 20.7. The average Bonchev–Trinajstić information content (AvgIpc) is 2.98. The Bertz CT molecular complexity index is 1260. The number of carbonyl (C=O) groups excluding carboxylic acids is 1. The molecule has 2 aliphatic heterocycles. The summed E-state index contributed by atoms with van der Waals surface area (Å²) in [4.78, 5) is 19.7. The van der Waals surface area contributed by atoms with E-state index in [-0.39, 0.29) is 11.8 Å². The maximum absolute atomic E-state index is 15.4. The molecule has 2 aliphatic rings. The Morgan fingerprint density at radius 2 is 1.65 bits per heavy atom. The summed E-state index contributed by atoms with van der Waals surface area (Å²) in [5.41, 5.74) is 4.43. The van der Waals surface area contributed by atoms with E-state index < -0.39 is 0 Å². The second-order valence-corrected chi connectivity index (χ2v) is 11.1. The Morgan fingerprint density at radius 3 is 2.30 bits per heavy atom. The highest BCUT2D eigenvalue weighted by Gasteiger charge is 2.26. The lowest BCUT2D eigenvalue weighted by Gasteiger charge is -2.35. The Hall–Kier alpha value is -3.13. The molecule has 0 bridgehead atoms. The quantitative estimate of drug-likeness (QED) is 0.326. The van der Waals surface area contributed by atoms with Crippen LogP contribution in [-0.4, -0.2) is 56.9 Å². The summed E-state index contributed by atoms with van der Waals surface area (Å²) in [6.07, 6.45) is 3.01. The minimum Gasteiger partial charge on any atom is -0.378 e. The fourth-order valence-corrected chi connectivity index (χ4v) is 5.60. The zero-order chi connectivity index (χ0) is 27.9. The topological polar surface area (TPSA) is 48.0 Å². The van der Waals surface area contributed by atoms with E-state index in [1.807, 2.05) is 11.0 Å². The molecule has 0 aromatic heterocycles. The SMILES string of the molecule is CCc1ccc(CN2CCC(CN(C(=O)Nc3ccc(Cl)cc3)c3ccc(N4CCOCC4)c(F)c3)CC2)cc1. The molecule has 6 nitrogen and oxygen atoms in total. The summed E-state index contributed by atoms with van der Waals surface area (Å²) in [5.74, 6) is -0.00994. The van der Waals surface area contributed by atoms with Gasteiger partial charge in [-0.2, -0.15) is 0 Å². The van der Waals surface area contributed by atoms with Crippen LogP contribution in [0.15, 0.2) is 66.7 Å². The van der Waals surface area contributed by atoms with Crippen LogP contribution < -0.4 is 15.1 Å². The number of ether oxygens (including phenoxy) is 1. The highest BCUT2D eigenvalue weighted by molar-refractivity contribution is 6.30. The number of hydrogen-bond donors (Lipinski definition) is 1. The number of likely N-dealkylation sites (tertiary alicyclic amines) is 1. The highest BCUT2D eigenvalue weighted by Crippen LogP contribution is 2.29. The molecule has 5 rings (SSSR count). The third-order valence-electron chi connectivity index (χ3n) is 7.92. The molecule has 8 heteroatoms. The van der Waals surface area contributed by atoms with E-state index in [4.69, 9.17) is 16.3 Å². The third kappa shape index (κ3) is 7.33. The van der Waals surface area contributed by atoms with Crippen molar-refractivity contribution in [2.24, 2.45) is 5.92 Å². The van der Waals surface area contributed by atoms with Crippen LogP contribution in [0.1, 0.15) is 30.9 Å². The first kappa shape index (κ1) is 28.4. The Balaban J connectivity index is 1.27. The largest absolute Gasteiger partial charge is 0.378 e. The van der Waals surface area contributed by atoms with E-state index in [0.717, 1.165) is 38.9 Å². The van der Waals surface area contributed by atoms with Crippen molar-refractivity contribution in [3.8, 4) is 0 Å². The van der Waals surface area contributed by atoms with Gasteiger partial charge in [0.1, 0.15) is 5.82 Å². The normalized spacial score (nSPS) is 16.6. The first-order chi connectivity index (χ1) is 19.5. The molecule has 1 N–H and O–H groups in total. The number of morpholine rings is 1. The molecule has 2 amide bonds. The maximum atomic E-state index is 15.4. The fourth-order valence-electron chi connectivity index (χ4n) is 5.48. The van der Waals surface area contributed by atoms with Crippen LogP contribution in [0, 0.1) is 11.7 Å². The summed E-state index contributed by atoms with van der Waals surface area (Å²) < 4.78 is 20.8. The summed E-state index contributed by atoms with van der Waals surface area (Å²) in [6.45, 7) is 8.04. The van der Waals surface area contributed by atoms with Gasteiger partial charge >= 0.3 is 6.03 Å². The molecule has 40 heavy (non-hydrogen) atoms. The monoisotopic (exact) mass is 564 g/mol. The lowest BCUT2D eigenvalue weighted by Crippen LogP contribution is -2.42. The number of nitrogens with one attached hydrogen (secondary N) is 1. The average molecular weight is 565 g/mol. The number of hydrogen-bond acceptors (Lipinski definition) is 4. The smallest absolute Gasteiger partial charge is 0.326 e. The van der Waals surface area contributed by atoms with Crippen molar-refractivity contribution in [2.45, 2.75) is 32.7 Å². The number of urea groups is 1. The predicted molar refractivity (Wildman–Crippen MR) is 161 cm³/mol. The molecule has 0 atom stereocenters.